The number of hydrogen-bond donors (Lipinski definition) is 0. The van der Waals surface area contributed by atoms with Crippen LogP contribution >= 0.6 is 11.6 Å². The van der Waals surface area contributed by atoms with Crippen LogP contribution in [0, 0.1) is 13.8 Å². The van der Waals surface area contributed by atoms with E-state index in [-0.39, 0.29) is 4.90 Å². The smallest absolute Gasteiger partial charge is 0.244 e. The Bertz CT molecular complexity index is 1100. The van der Waals surface area contributed by atoms with Gasteiger partial charge in [0.1, 0.15) is 5.75 Å². The number of piperidine rings is 1. The van der Waals surface area contributed by atoms with Gasteiger partial charge in [0.25, 0.3) is 0 Å². The zero-order chi connectivity index (χ0) is 20.4. The van der Waals surface area contributed by atoms with E-state index in [2.05, 4.69) is 0 Å². The molecule has 0 unspecified atom stereocenters. The van der Waals surface area contributed by atoms with Gasteiger partial charge in [-0.25, -0.2) is 8.42 Å². The third-order valence-electron chi connectivity index (χ3n) is 6.09. The molecule has 2 aromatic rings. The molecule has 2 aliphatic rings. The van der Waals surface area contributed by atoms with Crippen LogP contribution in [0.15, 0.2) is 41.3 Å². The van der Waals surface area contributed by atoms with Gasteiger partial charge in [-0.15, -0.1) is 0 Å². The molecular formula is C21H22ClNO4S. The number of halogens is 1. The van der Waals surface area contributed by atoms with E-state index >= 15 is 0 Å². The number of aryl methyl sites for hydroxylation is 2. The molecule has 0 saturated carbocycles. The molecule has 2 heterocycles. The summed E-state index contributed by atoms with van der Waals surface area (Å²) in [6.45, 7) is 5.60. The Balaban J connectivity index is 1.91. The number of carbonyl (C=O) groups excluding carboxylic acids is 1. The summed E-state index contributed by atoms with van der Waals surface area (Å²) in [5.41, 5.74) is 1.65. The maximum atomic E-state index is 13.6. The number of amides is 1. The van der Waals surface area contributed by atoms with Gasteiger partial charge in [-0.1, -0.05) is 17.7 Å². The van der Waals surface area contributed by atoms with E-state index in [0.29, 0.717) is 22.8 Å². The molecule has 1 fully saturated rings. The summed E-state index contributed by atoms with van der Waals surface area (Å²) in [4.78, 5) is 14.8. The van der Waals surface area contributed by atoms with Crippen LogP contribution in [0.1, 0.15) is 36.0 Å². The van der Waals surface area contributed by atoms with Crippen molar-refractivity contribution in [2.75, 3.05) is 7.05 Å². The average molecular weight is 420 g/mol. The van der Waals surface area contributed by atoms with Gasteiger partial charge in [0, 0.05) is 30.0 Å². The fourth-order valence-corrected chi connectivity index (χ4v) is 6.33. The molecule has 0 spiro atoms. The van der Waals surface area contributed by atoms with E-state index in [1.807, 2.05) is 20.8 Å². The Labute approximate surface area is 170 Å². The highest BCUT2D eigenvalue weighted by molar-refractivity contribution is 7.92. The lowest BCUT2D eigenvalue weighted by molar-refractivity contribution is -0.159. The van der Waals surface area contributed by atoms with Gasteiger partial charge < -0.3 is 9.64 Å². The Hall–Kier alpha value is -2.05. The standard InChI is InChI=1S/C21H22ClNO4S/c1-12-5-7-15(9-13(12)2)28(25,26)19-17-11-21(3,23(4)20(19)24)27-18-8-6-14(22)10-16(17)18/h5-10,17,19H,11H2,1-4H3/t17-,19+,21+/m1/s1. The monoisotopic (exact) mass is 419 g/mol. The Morgan fingerprint density at radius 2 is 1.86 bits per heavy atom. The first-order chi connectivity index (χ1) is 13.0. The molecule has 28 heavy (non-hydrogen) atoms. The minimum Gasteiger partial charge on any atom is -0.468 e. The molecule has 7 heteroatoms. The number of rotatable bonds is 2. The van der Waals surface area contributed by atoms with Crippen molar-refractivity contribution in [2.45, 2.75) is 49.0 Å². The molecule has 148 valence electrons. The minimum atomic E-state index is -3.91. The number of carbonyl (C=O) groups is 1. The summed E-state index contributed by atoms with van der Waals surface area (Å²) in [5.74, 6) is -0.409. The molecule has 2 bridgehead atoms. The van der Waals surface area contributed by atoms with Crippen LogP contribution < -0.4 is 4.74 Å². The largest absolute Gasteiger partial charge is 0.468 e. The molecule has 0 N–H and O–H groups in total. The van der Waals surface area contributed by atoms with Crippen molar-refractivity contribution in [3.63, 3.8) is 0 Å². The van der Waals surface area contributed by atoms with Gasteiger partial charge >= 0.3 is 0 Å². The van der Waals surface area contributed by atoms with Crippen LogP contribution in [0.25, 0.3) is 0 Å². The first-order valence-corrected chi connectivity index (χ1v) is 11.0. The quantitative estimate of drug-likeness (QED) is 0.741. The van der Waals surface area contributed by atoms with Crippen LogP contribution in [-0.4, -0.2) is 37.2 Å². The van der Waals surface area contributed by atoms with Gasteiger partial charge in [0.2, 0.25) is 5.91 Å². The Kier molecular flexibility index (Phi) is 4.28. The summed E-state index contributed by atoms with van der Waals surface area (Å²) < 4.78 is 33.3. The second kappa shape index (κ2) is 6.22. The maximum absolute atomic E-state index is 13.6. The molecule has 2 aliphatic heterocycles. The van der Waals surface area contributed by atoms with Crippen molar-refractivity contribution in [3.8, 4) is 5.75 Å². The van der Waals surface area contributed by atoms with Crippen molar-refractivity contribution >= 4 is 27.3 Å². The van der Waals surface area contributed by atoms with Crippen LogP contribution in [0.3, 0.4) is 0 Å². The van der Waals surface area contributed by atoms with Crippen LogP contribution in [-0.2, 0) is 14.6 Å². The third kappa shape index (κ3) is 2.73. The second-order valence-corrected chi connectivity index (χ2v) is 10.4. The van der Waals surface area contributed by atoms with E-state index in [1.165, 1.54) is 4.90 Å². The summed E-state index contributed by atoms with van der Waals surface area (Å²) in [5, 5.41) is -0.728. The van der Waals surface area contributed by atoms with Gasteiger partial charge in [0.15, 0.2) is 20.8 Å². The Morgan fingerprint density at radius 1 is 1.14 bits per heavy atom. The van der Waals surface area contributed by atoms with E-state index in [4.69, 9.17) is 16.3 Å². The lowest BCUT2D eigenvalue weighted by Crippen LogP contribution is -2.64. The van der Waals surface area contributed by atoms with Crippen molar-refractivity contribution in [1.29, 1.82) is 0 Å². The minimum absolute atomic E-state index is 0.168. The molecular weight excluding hydrogens is 398 g/mol. The number of likely N-dealkylation sites (tertiary alicyclic amines) is 1. The zero-order valence-corrected chi connectivity index (χ0v) is 17.8. The Morgan fingerprint density at radius 3 is 2.54 bits per heavy atom. The van der Waals surface area contributed by atoms with Crippen molar-refractivity contribution < 1.29 is 17.9 Å². The summed E-state index contributed by atoms with van der Waals surface area (Å²) >= 11 is 6.17. The highest BCUT2D eigenvalue weighted by atomic mass is 35.5. The SMILES string of the molecule is Cc1ccc(S(=O)(=O)[C@@H]2C(=O)N(C)[C@]3(C)C[C@@H]2c2cc(Cl)ccc2O3)cc1C. The normalized spacial score (nSPS) is 26.6. The molecule has 1 amide bonds. The molecule has 1 saturated heterocycles. The van der Waals surface area contributed by atoms with Gasteiger partial charge in [-0.3, -0.25) is 4.79 Å². The average Bonchev–Trinajstić information content (AvgIpc) is 2.62. The van der Waals surface area contributed by atoms with E-state index in [0.717, 1.165) is 11.1 Å². The van der Waals surface area contributed by atoms with Crippen molar-refractivity contribution in [1.82, 2.24) is 4.90 Å². The predicted octanol–water partition coefficient (Wildman–Crippen LogP) is 3.85. The number of hydrogen-bond acceptors (Lipinski definition) is 4. The molecule has 3 atom stereocenters. The molecule has 0 aliphatic carbocycles. The fourth-order valence-electron chi connectivity index (χ4n) is 4.16. The molecule has 0 aromatic heterocycles. The zero-order valence-electron chi connectivity index (χ0n) is 16.2. The van der Waals surface area contributed by atoms with Crippen LogP contribution in [0.2, 0.25) is 5.02 Å². The molecule has 5 nitrogen and oxygen atoms in total. The first kappa shape index (κ1) is 19.3. The van der Waals surface area contributed by atoms with Crippen molar-refractivity contribution in [2.24, 2.45) is 0 Å². The predicted molar refractivity (Wildman–Crippen MR) is 108 cm³/mol. The van der Waals surface area contributed by atoms with Crippen molar-refractivity contribution in [3.05, 3.63) is 58.1 Å². The lowest BCUT2D eigenvalue weighted by atomic mass is 9.80. The lowest BCUT2D eigenvalue weighted by Gasteiger charge is -2.51. The number of nitrogens with zero attached hydrogens (tertiary/aromatic N) is 1. The fraction of sp³-hybridized carbons (Fsp3) is 0.381. The number of fused-ring (bicyclic) bond motifs is 4. The second-order valence-electron chi connectivity index (χ2n) is 7.88. The number of sulfone groups is 1. The van der Waals surface area contributed by atoms with E-state index in [1.54, 1.807) is 43.4 Å². The van der Waals surface area contributed by atoms with Gasteiger partial charge in [-0.05, 0) is 62.2 Å². The highest BCUT2D eigenvalue weighted by Crippen LogP contribution is 2.50. The number of ether oxygens (including phenoxy) is 1. The molecule has 4 rings (SSSR count). The highest BCUT2D eigenvalue weighted by Gasteiger charge is 2.57. The first-order valence-electron chi connectivity index (χ1n) is 9.12. The molecule has 0 radical (unpaired) electrons. The molecule has 2 aromatic carbocycles. The van der Waals surface area contributed by atoms with Gasteiger partial charge in [-0.2, -0.15) is 0 Å². The third-order valence-corrected chi connectivity index (χ3v) is 8.43. The summed E-state index contributed by atoms with van der Waals surface area (Å²) in [6, 6.07) is 10.2. The maximum Gasteiger partial charge on any atom is 0.244 e. The van der Waals surface area contributed by atoms with Crippen LogP contribution in [0.4, 0.5) is 0 Å². The van der Waals surface area contributed by atoms with E-state index in [9.17, 15) is 13.2 Å². The number of benzene rings is 2. The van der Waals surface area contributed by atoms with E-state index < -0.39 is 32.6 Å². The topological polar surface area (TPSA) is 63.7 Å². The van der Waals surface area contributed by atoms with Crippen LogP contribution in [0.5, 0.6) is 5.75 Å². The van der Waals surface area contributed by atoms with Gasteiger partial charge in [0.05, 0.1) is 4.90 Å². The summed E-state index contributed by atoms with van der Waals surface area (Å²) in [7, 11) is -2.31. The summed E-state index contributed by atoms with van der Waals surface area (Å²) in [6.07, 6.45) is 0.386.